The van der Waals surface area contributed by atoms with Gasteiger partial charge in [0.2, 0.25) is 5.91 Å². The lowest BCUT2D eigenvalue weighted by molar-refractivity contribution is -0.130. The predicted molar refractivity (Wildman–Crippen MR) is 110 cm³/mol. The molecule has 2 aromatic rings. The highest BCUT2D eigenvalue weighted by atomic mass is 32.2. The first-order chi connectivity index (χ1) is 14.2. The third-order valence-electron chi connectivity index (χ3n) is 5.77. The molecule has 1 aromatic carbocycles. The Morgan fingerprint density at radius 1 is 1.14 bits per heavy atom. The fourth-order valence-corrected chi connectivity index (χ4v) is 4.92. The molecule has 1 saturated heterocycles. The van der Waals surface area contributed by atoms with Crippen molar-refractivity contribution in [3.8, 4) is 0 Å². The molecule has 0 spiro atoms. The molecular formula is C20H27FN6OS. The van der Waals surface area contributed by atoms with Gasteiger partial charge in [0.15, 0.2) is 5.82 Å². The number of tetrazole rings is 1. The van der Waals surface area contributed by atoms with Gasteiger partial charge in [0.25, 0.3) is 0 Å². The number of carbonyl (C=O) groups is 1. The minimum atomic E-state index is -0.164. The SMILES string of the molecule is O=C(CSCc1nnnn1C1CCCC1)N1CCN(Cc2ccccc2F)CC1. The Hall–Kier alpha value is -2.00. The lowest BCUT2D eigenvalue weighted by atomic mass is 10.2. The van der Waals surface area contributed by atoms with E-state index >= 15 is 0 Å². The van der Waals surface area contributed by atoms with Crippen molar-refractivity contribution in [1.82, 2.24) is 30.0 Å². The van der Waals surface area contributed by atoms with Gasteiger partial charge in [-0.3, -0.25) is 9.69 Å². The molecule has 9 heteroatoms. The van der Waals surface area contributed by atoms with Crippen LogP contribution in [0, 0.1) is 5.82 Å². The maximum atomic E-state index is 13.8. The number of piperazine rings is 1. The summed E-state index contributed by atoms with van der Waals surface area (Å²) in [7, 11) is 0. The van der Waals surface area contributed by atoms with Crippen LogP contribution >= 0.6 is 11.8 Å². The number of benzene rings is 1. The molecule has 0 N–H and O–H groups in total. The minimum absolute atomic E-state index is 0.153. The molecule has 1 aromatic heterocycles. The normalized spacial score (nSPS) is 18.4. The van der Waals surface area contributed by atoms with Crippen LogP contribution in [0.3, 0.4) is 0 Å². The Bertz CT molecular complexity index is 817. The monoisotopic (exact) mass is 418 g/mol. The van der Waals surface area contributed by atoms with Crippen LogP contribution in [-0.4, -0.2) is 67.8 Å². The van der Waals surface area contributed by atoms with Crippen LogP contribution in [0.1, 0.15) is 43.1 Å². The number of carbonyl (C=O) groups excluding carboxylic acids is 1. The van der Waals surface area contributed by atoms with Gasteiger partial charge < -0.3 is 4.90 Å². The van der Waals surface area contributed by atoms with Gasteiger partial charge in [0.1, 0.15) is 5.82 Å². The molecule has 4 rings (SSSR count). The van der Waals surface area contributed by atoms with Gasteiger partial charge >= 0.3 is 0 Å². The van der Waals surface area contributed by atoms with E-state index in [4.69, 9.17) is 0 Å². The first-order valence-electron chi connectivity index (χ1n) is 10.3. The predicted octanol–water partition coefficient (Wildman–Crippen LogP) is 2.50. The second-order valence-electron chi connectivity index (χ2n) is 7.72. The Balaban J connectivity index is 1.20. The smallest absolute Gasteiger partial charge is 0.232 e. The third kappa shape index (κ3) is 5.14. The number of rotatable bonds is 7. The maximum Gasteiger partial charge on any atom is 0.232 e. The van der Waals surface area contributed by atoms with Crippen molar-refractivity contribution in [1.29, 1.82) is 0 Å². The topological polar surface area (TPSA) is 67.2 Å². The fraction of sp³-hybridized carbons (Fsp3) is 0.600. The highest BCUT2D eigenvalue weighted by molar-refractivity contribution is 7.99. The molecule has 1 aliphatic heterocycles. The lowest BCUT2D eigenvalue weighted by Gasteiger charge is -2.34. The van der Waals surface area contributed by atoms with Crippen molar-refractivity contribution in [2.75, 3.05) is 31.9 Å². The zero-order valence-electron chi connectivity index (χ0n) is 16.5. The van der Waals surface area contributed by atoms with E-state index in [1.807, 2.05) is 21.7 Å². The second-order valence-corrected chi connectivity index (χ2v) is 8.70. The van der Waals surface area contributed by atoms with Crippen LogP contribution in [0.25, 0.3) is 0 Å². The molecule has 2 fully saturated rings. The number of thioether (sulfide) groups is 1. The first kappa shape index (κ1) is 20.3. The van der Waals surface area contributed by atoms with Gasteiger partial charge in [0, 0.05) is 38.3 Å². The Kier molecular flexibility index (Phi) is 6.76. The summed E-state index contributed by atoms with van der Waals surface area (Å²) in [5.74, 6) is 1.94. The van der Waals surface area contributed by atoms with E-state index in [0.29, 0.717) is 42.7 Å². The van der Waals surface area contributed by atoms with Crippen molar-refractivity contribution in [3.05, 3.63) is 41.5 Å². The van der Waals surface area contributed by atoms with Crippen LogP contribution < -0.4 is 0 Å². The lowest BCUT2D eigenvalue weighted by Crippen LogP contribution is -2.48. The molecule has 0 unspecified atom stereocenters. The van der Waals surface area contributed by atoms with Crippen LogP contribution in [0.15, 0.2) is 24.3 Å². The zero-order chi connectivity index (χ0) is 20.1. The number of halogens is 1. The minimum Gasteiger partial charge on any atom is -0.339 e. The summed E-state index contributed by atoms with van der Waals surface area (Å²) in [5.41, 5.74) is 0.711. The third-order valence-corrected chi connectivity index (χ3v) is 6.68. The van der Waals surface area contributed by atoms with E-state index in [1.54, 1.807) is 17.8 Å². The largest absolute Gasteiger partial charge is 0.339 e. The van der Waals surface area contributed by atoms with E-state index in [2.05, 4.69) is 20.4 Å². The fourth-order valence-electron chi connectivity index (χ4n) is 4.08. The molecule has 0 bridgehead atoms. The summed E-state index contributed by atoms with van der Waals surface area (Å²) >= 11 is 1.57. The molecule has 2 aliphatic rings. The zero-order valence-corrected chi connectivity index (χ0v) is 17.4. The van der Waals surface area contributed by atoms with E-state index in [1.165, 1.54) is 18.9 Å². The summed E-state index contributed by atoms with van der Waals surface area (Å²) < 4.78 is 15.8. The quantitative estimate of drug-likeness (QED) is 0.688. The highest BCUT2D eigenvalue weighted by Crippen LogP contribution is 2.29. The summed E-state index contributed by atoms with van der Waals surface area (Å²) in [6, 6.07) is 7.30. The molecule has 1 amide bonds. The molecule has 29 heavy (non-hydrogen) atoms. The average Bonchev–Trinajstić information content (AvgIpc) is 3.42. The number of aromatic nitrogens is 4. The number of hydrogen-bond acceptors (Lipinski definition) is 6. The molecule has 2 heterocycles. The summed E-state index contributed by atoms with van der Waals surface area (Å²) in [6.07, 6.45) is 4.74. The van der Waals surface area contributed by atoms with Crippen LogP contribution in [-0.2, 0) is 17.1 Å². The summed E-state index contributed by atoms with van der Waals surface area (Å²) in [5, 5.41) is 12.1. The van der Waals surface area contributed by atoms with Crippen LogP contribution in [0.5, 0.6) is 0 Å². The molecular weight excluding hydrogens is 391 g/mol. The van der Waals surface area contributed by atoms with Crippen LogP contribution in [0.4, 0.5) is 4.39 Å². The van der Waals surface area contributed by atoms with E-state index in [-0.39, 0.29) is 11.7 Å². The van der Waals surface area contributed by atoms with Gasteiger partial charge in [0.05, 0.1) is 17.5 Å². The second kappa shape index (κ2) is 9.67. The van der Waals surface area contributed by atoms with Gasteiger partial charge in [-0.2, -0.15) is 0 Å². The molecule has 1 aliphatic carbocycles. The maximum absolute atomic E-state index is 13.8. The Labute approximate surface area is 174 Å². The average molecular weight is 419 g/mol. The van der Waals surface area contributed by atoms with Crippen molar-refractivity contribution in [3.63, 3.8) is 0 Å². The molecule has 156 valence electrons. The molecule has 1 saturated carbocycles. The van der Waals surface area contributed by atoms with Gasteiger partial charge in [-0.1, -0.05) is 31.0 Å². The van der Waals surface area contributed by atoms with Crippen molar-refractivity contribution < 1.29 is 9.18 Å². The Morgan fingerprint density at radius 3 is 2.66 bits per heavy atom. The number of nitrogens with zero attached hydrogens (tertiary/aromatic N) is 6. The number of hydrogen-bond donors (Lipinski definition) is 0. The van der Waals surface area contributed by atoms with E-state index < -0.39 is 0 Å². The van der Waals surface area contributed by atoms with E-state index in [9.17, 15) is 9.18 Å². The molecule has 0 atom stereocenters. The van der Waals surface area contributed by atoms with Crippen LogP contribution in [0.2, 0.25) is 0 Å². The van der Waals surface area contributed by atoms with E-state index in [0.717, 1.165) is 31.8 Å². The number of amides is 1. The van der Waals surface area contributed by atoms with Crippen molar-refractivity contribution in [2.24, 2.45) is 0 Å². The summed E-state index contributed by atoms with van der Waals surface area (Å²) in [4.78, 5) is 16.7. The Morgan fingerprint density at radius 2 is 1.90 bits per heavy atom. The van der Waals surface area contributed by atoms with Crippen molar-refractivity contribution in [2.45, 2.75) is 44.0 Å². The van der Waals surface area contributed by atoms with Gasteiger partial charge in [-0.05, 0) is 29.3 Å². The molecule has 0 radical (unpaired) electrons. The van der Waals surface area contributed by atoms with Crippen molar-refractivity contribution >= 4 is 17.7 Å². The standard InChI is InChI=1S/C20H27FN6OS/c21-18-8-4-1-5-16(18)13-25-9-11-26(12-10-25)20(28)15-29-14-19-22-23-24-27(19)17-6-2-3-7-17/h1,4-5,8,17H,2-3,6-7,9-15H2. The molecule has 7 nitrogen and oxygen atoms in total. The first-order valence-corrected chi connectivity index (χ1v) is 11.4. The van der Waals surface area contributed by atoms with Gasteiger partial charge in [-0.25, -0.2) is 9.07 Å². The summed E-state index contributed by atoms with van der Waals surface area (Å²) in [6.45, 7) is 3.50. The highest BCUT2D eigenvalue weighted by Gasteiger charge is 2.23. The van der Waals surface area contributed by atoms with Gasteiger partial charge in [-0.15, -0.1) is 16.9 Å².